The molecule has 1 aromatic carbocycles. The number of hydrogen-bond acceptors (Lipinski definition) is 10. The Bertz CT molecular complexity index is 1760. The van der Waals surface area contributed by atoms with E-state index in [1.165, 1.54) is 31.9 Å². The predicted molar refractivity (Wildman–Crippen MR) is 218 cm³/mol. The van der Waals surface area contributed by atoms with E-state index in [9.17, 15) is 34.2 Å². The highest BCUT2D eigenvalue weighted by Gasteiger charge is 2.63. The predicted octanol–water partition coefficient (Wildman–Crippen LogP) is 6.45. The van der Waals surface area contributed by atoms with Crippen molar-refractivity contribution in [2.45, 2.75) is 175 Å². The molecule has 4 aliphatic rings. The molecule has 5 rings (SSSR count). The smallest absolute Gasteiger partial charge is 0.303 e. The first kappa shape index (κ1) is 45.3. The third-order valence-corrected chi connectivity index (χ3v) is 13.8. The molecule has 0 unspecified atom stereocenters. The molecular weight excluding hydrogens is 741 g/mol. The van der Waals surface area contributed by atoms with Crippen LogP contribution in [0.2, 0.25) is 0 Å². The second-order valence-electron chi connectivity index (χ2n) is 20.0. The van der Waals surface area contributed by atoms with Gasteiger partial charge in [0.15, 0.2) is 0 Å². The van der Waals surface area contributed by atoms with Gasteiger partial charge in [-0.1, -0.05) is 43.2 Å². The van der Waals surface area contributed by atoms with Gasteiger partial charge in [0.2, 0.25) is 5.91 Å². The lowest BCUT2D eigenvalue weighted by atomic mass is 9.47. The Morgan fingerprint density at radius 2 is 1.52 bits per heavy atom. The number of benzene rings is 1. The highest BCUT2D eigenvalue weighted by atomic mass is 16.6. The van der Waals surface area contributed by atoms with Crippen LogP contribution < -0.4 is 5.32 Å². The molecule has 0 saturated heterocycles. The van der Waals surface area contributed by atoms with Crippen molar-refractivity contribution in [3.8, 4) is 0 Å². The largest absolute Gasteiger partial charge is 0.459 e. The fraction of sp³-hybridized carbons (Fsp3) is 0.717. The van der Waals surface area contributed by atoms with E-state index < -0.39 is 69.8 Å². The first-order chi connectivity index (χ1) is 26.8. The molecule has 4 aliphatic carbocycles. The number of hydrogen-bond donors (Lipinski definition) is 3. The molecule has 322 valence electrons. The van der Waals surface area contributed by atoms with Crippen LogP contribution in [0.15, 0.2) is 41.5 Å². The molecule has 12 heteroatoms. The first-order valence-electron chi connectivity index (χ1n) is 21.1. The topological polar surface area (TPSA) is 169 Å². The SMILES string of the molecule is CC(=O)O[C@H]1C[C@]2(C)[C@H]3CC[C@@]4(C)C(=C3C[C@@H](N(CC(=O)NC(C)(C)C)C(=O)c3ccccc3)[C@@H]2C[C@H]1OC(C)=O)CC[C@@H]4[C@@](C)(O)[C@@H](CCC(C)(C)O)OC(C)=O. The summed E-state index contributed by atoms with van der Waals surface area (Å²) in [6.07, 6.45) is 2.35. The zero-order valence-corrected chi connectivity index (χ0v) is 36.6. The summed E-state index contributed by atoms with van der Waals surface area (Å²) >= 11 is 0. The lowest BCUT2D eigenvalue weighted by Gasteiger charge is -2.61. The Balaban J connectivity index is 1.66. The normalized spacial score (nSPS) is 31.1. The highest BCUT2D eigenvalue weighted by molar-refractivity contribution is 5.97. The summed E-state index contributed by atoms with van der Waals surface area (Å²) in [4.78, 5) is 67.9. The van der Waals surface area contributed by atoms with E-state index in [1.807, 2.05) is 26.8 Å². The van der Waals surface area contributed by atoms with Gasteiger partial charge in [0.1, 0.15) is 30.5 Å². The molecule has 0 spiro atoms. The van der Waals surface area contributed by atoms with Gasteiger partial charge in [-0.2, -0.15) is 0 Å². The molecule has 0 aromatic heterocycles. The maximum atomic E-state index is 14.8. The van der Waals surface area contributed by atoms with Gasteiger partial charge in [0.25, 0.3) is 5.91 Å². The van der Waals surface area contributed by atoms with Crippen LogP contribution in [-0.2, 0) is 33.4 Å². The Hall–Kier alpha value is -3.77. The minimum atomic E-state index is -1.43. The van der Waals surface area contributed by atoms with Crippen molar-refractivity contribution in [2.75, 3.05) is 6.54 Å². The van der Waals surface area contributed by atoms with Crippen LogP contribution in [0.25, 0.3) is 0 Å². The van der Waals surface area contributed by atoms with Gasteiger partial charge < -0.3 is 34.6 Å². The molecule has 2 amide bonds. The van der Waals surface area contributed by atoms with Crippen molar-refractivity contribution in [3.05, 3.63) is 47.0 Å². The molecule has 0 bridgehead atoms. The van der Waals surface area contributed by atoms with Crippen molar-refractivity contribution in [2.24, 2.45) is 28.6 Å². The molecule has 3 N–H and O–H groups in total. The maximum Gasteiger partial charge on any atom is 0.303 e. The minimum absolute atomic E-state index is 0.0217. The Morgan fingerprint density at radius 1 is 0.897 bits per heavy atom. The summed E-state index contributed by atoms with van der Waals surface area (Å²) in [7, 11) is 0. The molecule has 0 heterocycles. The van der Waals surface area contributed by atoms with Gasteiger partial charge in [-0.15, -0.1) is 0 Å². The van der Waals surface area contributed by atoms with Gasteiger partial charge in [0, 0.05) is 43.8 Å². The van der Waals surface area contributed by atoms with Crippen molar-refractivity contribution in [1.82, 2.24) is 10.2 Å². The van der Waals surface area contributed by atoms with Gasteiger partial charge in [0.05, 0.1) is 5.60 Å². The lowest BCUT2D eigenvalue weighted by Crippen LogP contribution is -2.63. The van der Waals surface area contributed by atoms with Crippen molar-refractivity contribution in [3.63, 3.8) is 0 Å². The molecule has 0 radical (unpaired) electrons. The third-order valence-electron chi connectivity index (χ3n) is 13.8. The van der Waals surface area contributed by atoms with Crippen LogP contribution in [-0.4, -0.2) is 92.5 Å². The van der Waals surface area contributed by atoms with E-state index in [-0.39, 0.29) is 42.5 Å². The highest BCUT2D eigenvalue weighted by Crippen LogP contribution is 2.67. The third kappa shape index (κ3) is 9.64. The first-order valence-corrected chi connectivity index (χ1v) is 21.1. The van der Waals surface area contributed by atoms with E-state index in [4.69, 9.17) is 14.2 Å². The summed E-state index contributed by atoms with van der Waals surface area (Å²) in [5, 5.41) is 26.2. The molecule has 3 saturated carbocycles. The Morgan fingerprint density at radius 3 is 2.09 bits per heavy atom. The van der Waals surface area contributed by atoms with Gasteiger partial charge >= 0.3 is 17.9 Å². The monoisotopic (exact) mass is 808 g/mol. The molecular formula is C46H68N2O10. The van der Waals surface area contributed by atoms with Crippen LogP contribution in [0.4, 0.5) is 0 Å². The van der Waals surface area contributed by atoms with Crippen molar-refractivity contribution in [1.29, 1.82) is 0 Å². The lowest BCUT2D eigenvalue weighted by molar-refractivity contribution is -0.188. The number of esters is 3. The number of allylic oxidation sites excluding steroid dienone is 1. The average molecular weight is 809 g/mol. The Labute approximate surface area is 344 Å². The van der Waals surface area contributed by atoms with Crippen LogP contribution in [0, 0.1) is 28.6 Å². The quantitative estimate of drug-likeness (QED) is 0.121. The number of carbonyl (C=O) groups excluding carboxylic acids is 5. The Kier molecular flexibility index (Phi) is 13.1. The summed E-state index contributed by atoms with van der Waals surface area (Å²) in [6.45, 7) is 19.1. The van der Waals surface area contributed by atoms with Crippen LogP contribution in [0.5, 0.6) is 0 Å². The van der Waals surface area contributed by atoms with Crippen LogP contribution in [0.3, 0.4) is 0 Å². The molecule has 58 heavy (non-hydrogen) atoms. The van der Waals surface area contributed by atoms with Gasteiger partial charge in [-0.3, -0.25) is 24.0 Å². The fourth-order valence-corrected chi connectivity index (χ4v) is 11.5. The second-order valence-corrected chi connectivity index (χ2v) is 20.0. The van der Waals surface area contributed by atoms with Crippen LogP contribution >= 0.6 is 0 Å². The van der Waals surface area contributed by atoms with Gasteiger partial charge in [-0.05, 0) is 134 Å². The summed E-state index contributed by atoms with van der Waals surface area (Å²) in [6, 6.07) is 8.45. The number of nitrogens with one attached hydrogen (secondary N) is 1. The number of carbonyl (C=O) groups is 5. The summed E-state index contributed by atoms with van der Waals surface area (Å²) in [5.41, 5.74) is -1.16. The number of rotatable bonds is 12. The second kappa shape index (κ2) is 16.7. The fourth-order valence-electron chi connectivity index (χ4n) is 11.5. The van der Waals surface area contributed by atoms with E-state index in [0.717, 1.165) is 12.8 Å². The van der Waals surface area contributed by atoms with E-state index in [0.29, 0.717) is 44.1 Å². The molecule has 0 aliphatic heterocycles. The van der Waals surface area contributed by atoms with E-state index in [2.05, 4.69) is 19.2 Å². The zero-order valence-electron chi connectivity index (χ0n) is 36.6. The molecule has 10 atom stereocenters. The number of aliphatic hydroxyl groups is 2. The molecule has 3 fully saturated rings. The van der Waals surface area contributed by atoms with E-state index in [1.54, 1.807) is 49.9 Å². The minimum Gasteiger partial charge on any atom is -0.459 e. The number of nitrogens with zero attached hydrogens (tertiary/aromatic N) is 1. The summed E-state index contributed by atoms with van der Waals surface area (Å²) < 4.78 is 17.7. The maximum absolute atomic E-state index is 14.8. The van der Waals surface area contributed by atoms with Gasteiger partial charge in [-0.25, -0.2) is 0 Å². The van der Waals surface area contributed by atoms with Crippen LogP contribution in [0.1, 0.15) is 144 Å². The number of ether oxygens (including phenoxy) is 3. The van der Waals surface area contributed by atoms with Crippen molar-refractivity contribution < 1.29 is 48.4 Å². The average Bonchev–Trinajstić information content (AvgIpc) is 3.46. The van der Waals surface area contributed by atoms with Crippen molar-refractivity contribution >= 4 is 29.7 Å². The number of amides is 2. The number of fused-ring (bicyclic) bond motifs is 4. The molecule has 1 aromatic rings. The molecule has 12 nitrogen and oxygen atoms in total. The zero-order chi connectivity index (χ0) is 43.2. The summed E-state index contributed by atoms with van der Waals surface area (Å²) in [5.74, 6) is -2.54. The van der Waals surface area contributed by atoms with E-state index >= 15 is 0 Å². The standard InChI is InChI=1S/C46H68N2O10/c1-27(49)56-36-24-34-35(48(26-40(52)47-42(4,5)6)41(53)30-15-13-12-14-16-30)23-31-32-17-18-38(46(11,55)39(58-29(3)51)20-21-43(7,8)54)44(32,9)22-19-33(31)45(34,10)25-37(36)57-28(2)50/h12-16,33-39,54-55H,17-26H2,1-11H3,(H,47,52)/t33-,34-,35+,36+,37-,38-,39+,44-,45+,46+/m0/s1.